The number of nitrogen functional groups attached to an aromatic ring is 1. The van der Waals surface area contributed by atoms with E-state index in [-0.39, 0.29) is 24.4 Å². The highest BCUT2D eigenvalue weighted by atomic mass is 16.5. The van der Waals surface area contributed by atoms with Crippen molar-refractivity contribution in [3.8, 4) is 12.3 Å². The molecular formula is C11H13N3O4. The van der Waals surface area contributed by atoms with Crippen LogP contribution in [0.5, 0.6) is 0 Å². The summed E-state index contributed by atoms with van der Waals surface area (Å²) in [7, 11) is 0. The maximum atomic E-state index is 11.7. The minimum atomic E-state index is -0.835. The summed E-state index contributed by atoms with van der Waals surface area (Å²) in [5.41, 5.74) is 5.15. The van der Waals surface area contributed by atoms with E-state index < -0.39 is 24.1 Å². The molecule has 0 spiro atoms. The lowest BCUT2D eigenvalue weighted by atomic mass is 10.2. The quantitative estimate of drug-likeness (QED) is 0.549. The summed E-state index contributed by atoms with van der Waals surface area (Å²) < 4.78 is 6.51. The lowest BCUT2D eigenvalue weighted by Gasteiger charge is -2.14. The van der Waals surface area contributed by atoms with Crippen LogP contribution in [0.2, 0.25) is 0 Å². The maximum absolute atomic E-state index is 11.7. The molecule has 0 bridgehead atoms. The van der Waals surface area contributed by atoms with Crippen molar-refractivity contribution in [2.45, 2.75) is 24.9 Å². The fourth-order valence-corrected chi connectivity index (χ4v) is 1.85. The van der Waals surface area contributed by atoms with E-state index in [0.29, 0.717) is 0 Å². The van der Waals surface area contributed by atoms with Crippen molar-refractivity contribution >= 4 is 5.82 Å². The molecule has 0 aliphatic carbocycles. The van der Waals surface area contributed by atoms with Gasteiger partial charge in [-0.1, -0.05) is 5.92 Å². The number of aliphatic hydroxyl groups is 2. The zero-order chi connectivity index (χ0) is 13.3. The Morgan fingerprint density at radius 3 is 3.00 bits per heavy atom. The van der Waals surface area contributed by atoms with Gasteiger partial charge in [-0.2, -0.15) is 4.98 Å². The fraction of sp³-hybridized carbons (Fsp3) is 0.455. The molecule has 2 rings (SSSR count). The van der Waals surface area contributed by atoms with E-state index in [1.165, 1.54) is 10.8 Å². The molecule has 18 heavy (non-hydrogen) atoms. The molecule has 1 aromatic rings. The maximum Gasteiger partial charge on any atom is 0.351 e. The predicted molar refractivity (Wildman–Crippen MR) is 62.5 cm³/mol. The molecule has 0 amide bonds. The average Bonchev–Trinajstić information content (AvgIpc) is 2.70. The second kappa shape index (κ2) is 4.78. The first-order chi connectivity index (χ1) is 8.56. The molecule has 3 atom stereocenters. The summed E-state index contributed by atoms with van der Waals surface area (Å²) in [6.45, 7) is -0.323. The Morgan fingerprint density at radius 2 is 2.44 bits per heavy atom. The van der Waals surface area contributed by atoms with Crippen molar-refractivity contribution in [2.75, 3.05) is 12.3 Å². The monoisotopic (exact) mass is 251 g/mol. The van der Waals surface area contributed by atoms with Crippen LogP contribution in [-0.2, 0) is 4.74 Å². The zero-order valence-electron chi connectivity index (χ0n) is 9.48. The normalized spacial score (nSPS) is 27.1. The third kappa shape index (κ3) is 2.09. The van der Waals surface area contributed by atoms with Crippen molar-refractivity contribution < 1.29 is 14.9 Å². The summed E-state index contributed by atoms with van der Waals surface area (Å²) in [5.74, 6) is 2.29. The zero-order valence-corrected chi connectivity index (χ0v) is 9.48. The van der Waals surface area contributed by atoms with Crippen molar-refractivity contribution in [1.29, 1.82) is 0 Å². The van der Waals surface area contributed by atoms with Gasteiger partial charge in [-0.3, -0.25) is 4.57 Å². The van der Waals surface area contributed by atoms with E-state index >= 15 is 0 Å². The van der Waals surface area contributed by atoms with Crippen LogP contribution < -0.4 is 11.4 Å². The molecule has 7 heteroatoms. The number of nitrogens with two attached hydrogens (primary N) is 1. The van der Waals surface area contributed by atoms with Crippen LogP contribution in [0.4, 0.5) is 5.82 Å². The predicted octanol–water partition coefficient (Wildman–Crippen LogP) is -1.55. The van der Waals surface area contributed by atoms with Crippen LogP contribution in [0.25, 0.3) is 0 Å². The first-order valence-corrected chi connectivity index (χ1v) is 5.36. The van der Waals surface area contributed by atoms with Crippen LogP contribution in [0.1, 0.15) is 18.2 Å². The van der Waals surface area contributed by atoms with Gasteiger partial charge < -0.3 is 20.7 Å². The number of hydrogen-bond donors (Lipinski definition) is 3. The van der Waals surface area contributed by atoms with Gasteiger partial charge in [0.2, 0.25) is 0 Å². The number of anilines is 1. The number of rotatable bonds is 2. The van der Waals surface area contributed by atoms with E-state index in [0.717, 1.165) is 0 Å². The van der Waals surface area contributed by atoms with Gasteiger partial charge >= 0.3 is 5.69 Å². The Kier molecular flexibility index (Phi) is 3.34. The van der Waals surface area contributed by atoms with E-state index in [9.17, 15) is 9.90 Å². The average molecular weight is 251 g/mol. The lowest BCUT2D eigenvalue weighted by Crippen LogP contribution is -2.28. The second-order valence-electron chi connectivity index (χ2n) is 3.99. The first kappa shape index (κ1) is 12.6. The Balaban J connectivity index is 2.36. The molecular weight excluding hydrogens is 238 g/mol. The molecule has 2 unspecified atom stereocenters. The van der Waals surface area contributed by atoms with Gasteiger partial charge in [0, 0.05) is 12.6 Å². The molecule has 1 aliphatic heterocycles. The SMILES string of the molecule is C#Cc1cn(C2C[C@@H](O)C(CO)O2)c(=O)nc1N. The highest BCUT2D eigenvalue weighted by molar-refractivity contribution is 5.47. The van der Waals surface area contributed by atoms with Gasteiger partial charge in [0.1, 0.15) is 18.1 Å². The van der Waals surface area contributed by atoms with Crippen LogP contribution in [0.3, 0.4) is 0 Å². The van der Waals surface area contributed by atoms with Crippen LogP contribution in [0.15, 0.2) is 11.0 Å². The molecule has 0 aromatic carbocycles. The van der Waals surface area contributed by atoms with E-state index in [2.05, 4.69) is 10.9 Å². The number of terminal acetylenes is 1. The Labute approximate surface area is 103 Å². The summed E-state index contributed by atoms with van der Waals surface area (Å²) in [6.07, 6.45) is 4.53. The molecule has 96 valence electrons. The van der Waals surface area contributed by atoms with Gasteiger partial charge in [-0.05, 0) is 0 Å². The molecule has 2 heterocycles. The third-order valence-corrected chi connectivity index (χ3v) is 2.83. The standard InChI is InChI=1S/C11H13N3O4/c1-2-6-4-14(11(17)13-10(6)12)9-3-7(16)8(5-15)18-9/h1,4,7-9,15-16H,3,5H2,(H2,12,13,17)/t7-,8?,9?/m1/s1. The van der Waals surface area contributed by atoms with Gasteiger partial charge in [0.25, 0.3) is 0 Å². The molecule has 0 saturated carbocycles. The molecule has 4 N–H and O–H groups in total. The number of hydrogen-bond acceptors (Lipinski definition) is 6. The highest BCUT2D eigenvalue weighted by Gasteiger charge is 2.35. The number of ether oxygens (including phenoxy) is 1. The van der Waals surface area contributed by atoms with Gasteiger partial charge in [-0.15, -0.1) is 6.42 Å². The van der Waals surface area contributed by atoms with Crippen LogP contribution >= 0.6 is 0 Å². The van der Waals surface area contributed by atoms with Crippen molar-refractivity contribution in [2.24, 2.45) is 0 Å². The minimum absolute atomic E-state index is 0.0176. The summed E-state index contributed by atoms with van der Waals surface area (Å²) in [4.78, 5) is 15.3. The topological polar surface area (TPSA) is 111 Å². The molecule has 1 aliphatic rings. The summed E-state index contributed by atoms with van der Waals surface area (Å²) in [6, 6.07) is 0. The number of aromatic nitrogens is 2. The highest BCUT2D eigenvalue weighted by Crippen LogP contribution is 2.27. The van der Waals surface area contributed by atoms with E-state index in [1.54, 1.807) is 0 Å². The largest absolute Gasteiger partial charge is 0.394 e. The Hall–Kier alpha value is -1.88. The van der Waals surface area contributed by atoms with Crippen molar-refractivity contribution in [3.63, 3.8) is 0 Å². The molecule has 7 nitrogen and oxygen atoms in total. The second-order valence-corrected chi connectivity index (χ2v) is 3.99. The number of nitrogens with zero attached hydrogens (tertiary/aromatic N) is 2. The fourth-order valence-electron chi connectivity index (χ4n) is 1.85. The Bertz CT molecular complexity index is 548. The Morgan fingerprint density at radius 1 is 1.72 bits per heavy atom. The minimum Gasteiger partial charge on any atom is -0.394 e. The van der Waals surface area contributed by atoms with Crippen LogP contribution in [0, 0.1) is 12.3 Å². The molecule has 1 fully saturated rings. The van der Waals surface area contributed by atoms with Gasteiger partial charge in [0.05, 0.1) is 18.3 Å². The van der Waals surface area contributed by atoms with E-state index in [1.807, 2.05) is 0 Å². The smallest absolute Gasteiger partial charge is 0.351 e. The molecule has 1 saturated heterocycles. The van der Waals surface area contributed by atoms with Gasteiger partial charge in [0.15, 0.2) is 0 Å². The van der Waals surface area contributed by atoms with Crippen molar-refractivity contribution in [1.82, 2.24) is 9.55 Å². The van der Waals surface area contributed by atoms with E-state index in [4.69, 9.17) is 22.0 Å². The summed E-state index contributed by atoms with van der Waals surface area (Å²) >= 11 is 0. The molecule has 0 radical (unpaired) electrons. The molecule has 1 aromatic heterocycles. The first-order valence-electron chi connectivity index (χ1n) is 5.36. The number of aliphatic hydroxyl groups excluding tert-OH is 2. The van der Waals surface area contributed by atoms with Gasteiger partial charge in [-0.25, -0.2) is 4.79 Å². The lowest BCUT2D eigenvalue weighted by molar-refractivity contribution is -0.0458. The summed E-state index contributed by atoms with van der Waals surface area (Å²) in [5, 5.41) is 18.6. The third-order valence-electron chi connectivity index (χ3n) is 2.83. The van der Waals surface area contributed by atoms with Crippen LogP contribution in [-0.4, -0.2) is 38.6 Å². The van der Waals surface area contributed by atoms with Crippen molar-refractivity contribution in [3.05, 3.63) is 22.2 Å².